The Hall–Kier alpha value is -2.66. The second-order valence-corrected chi connectivity index (χ2v) is 5.55. The lowest BCUT2D eigenvalue weighted by molar-refractivity contribution is -0.118. The quantitative estimate of drug-likeness (QED) is 0.286. The van der Waals surface area contributed by atoms with Crippen molar-refractivity contribution in [3.63, 3.8) is 0 Å². The van der Waals surface area contributed by atoms with E-state index in [2.05, 4.69) is 20.9 Å². The van der Waals surface area contributed by atoms with Gasteiger partial charge in [-0.05, 0) is 17.7 Å². The summed E-state index contributed by atoms with van der Waals surface area (Å²) in [4.78, 5) is 12.0. The molecule has 0 atom stereocenters. The van der Waals surface area contributed by atoms with Crippen LogP contribution in [-0.2, 0) is 11.3 Å². The fourth-order valence-electron chi connectivity index (χ4n) is 1.82. The summed E-state index contributed by atoms with van der Waals surface area (Å²) in [6.07, 6.45) is 0. The summed E-state index contributed by atoms with van der Waals surface area (Å²) in [5.41, 5.74) is 3.16. The van der Waals surface area contributed by atoms with Gasteiger partial charge in [-0.15, -0.1) is 10.2 Å². The van der Waals surface area contributed by atoms with Gasteiger partial charge in [0, 0.05) is 12.6 Å². The minimum Gasteiger partial charge on any atom is -0.497 e. The number of benzene rings is 1. The van der Waals surface area contributed by atoms with Crippen LogP contribution in [0.4, 0.5) is 5.95 Å². The molecule has 2 rings (SSSR count). The number of rotatable bonds is 8. The van der Waals surface area contributed by atoms with E-state index in [4.69, 9.17) is 21.2 Å². The number of nitrogens with zero attached hydrogens (tertiary/aromatic N) is 3. The number of hydrazine groups is 1. The Bertz CT molecular complexity index is 685. The maximum absolute atomic E-state index is 12.0. The van der Waals surface area contributed by atoms with E-state index in [1.165, 1.54) is 4.68 Å². The van der Waals surface area contributed by atoms with Crippen molar-refractivity contribution in [1.29, 1.82) is 0 Å². The zero-order valence-electron chi connectivity index (χ0n) is 13.3. The van der Waals surface area contributed by atoms with Crippen LogP contribution in [0, 0.1) is 0 Å². The van der Waals surface area contributed by atoms with Gasteiger partial charge in [0.25, 0.3) is 5.95 Å². The summed E-state index contributed by atoms with van der Waals surface area (Å²) in [7, 11) is 3.14. The monoisotopic (exact) mass is 353 g/mol. The average Bonchev–Trinajstić information content (AvgIpc) is 2.97. The van der Waals surface area contributed by atoms with Gasteiger partial charge in [-0.25, -0.2) is 10.5 Å². The molecule has 1 heterocycles. The first kappa shape index (κ1) is 17.7. The SMILES string of the molecule is COc1cc(CNC(=O)CSc2nnc(NN)n2N)cc(OC)c1. The Kier molecular flexibility index (Phi) is 6.09. The van der Waals surface area contributed by atoms with Crippen LogP contribution >= 0.6 is 11.8 Å². The van der Waals surface area contributed by atoms with Crippen molar-refractivity contribution >= 4 is 23.6 Å². The number of anilines is 1. The molecule has 1 amide bonds. The van der Waals surface area contributed by atoms with Gasteiger partial charge < -0.3 is 20.6 Å². The molecule has 11 heteroatoms. The number of hydrogen-bond acceptors (Lipinski definition) is 9. The number of nitrogens with two attached hydrogens (primary N) is 2. The fourth-order valence-corrected chi connectivity index (χ4v) is 2.51. The van der Waals surface area contributed by atoms with E-state index >= 15 is 0 Å². The molecule has 130 valence electrons. The van der Waals surface area contributed by atoms with Crippen molar-refractivity contribution in [1.82, 2.24) is 20.2 Å². The molecule has 0 aliphatic rings. The highest BCUT2D eigenvalue weighted by molar-refractivity contribution is 7.99. The van der Waals surface area contributed by atoms with Crippen molar-refractivity contribution in [2.45, 2.75) is 11.7 Å². The summed E-state index contributed by atoms with van der Waals surface area (Å²) >= 11 is 1.15. The molecule has 1 aromatic carbocycles. The van der Waals surface area contributed by atoms with E-state index in [1.54, 1.807) is 20.3 Å². The summed E-state index contributed by atoms with van der Waals surface area (Å²) in [6, 6.07) is 5.41. The molecule has 0 fully saturated rings. The molecule has 2 aromatic rings. The Morgan fingerprint density at radius 2 is 1.92 bits per heavy atom. The minimum atomic E-state index is -0.174. The van der Waals surface area contributed by atoms with Crippen molar-refractivity contribution in [2.75, 3.05) is 31.2 Å². The second kappa shape index (κ2) is 8.26. The predicted octanol–water partition coefficient (Wildman–Crippen LogP) is -0.297. The molecule has 1 aromatic heterocycles. The van der Waals surface area contributed by atoms with Gasteiger partial charge in [-0.3, -0.25) is 10.2 Å². The number of carbonyl (C=O) groups is 1. The van der Waals surface area contributed by atoms with Crippen LogP contribution in [-0.4, -0.2) is 40.8 Å². The highest BCUT2D eigenvalue weighted by Crippen LogP contribution is 2.22. The number of thioether (sulfide) groups is 1. The molecule has 6 N–H and O–H groups in total. The van der Waals surface area contributed by atoms with Crippen LogP contribution in [0.25, 0.3) is 0 Å². The number of methoxy groups -OCH3 is 2. The third kappa shape index (κ3) is 4.43. The Labute approximate surface area is 142 Å². The summed E-state index contributed by atoms with van der Waals surface area (Å²) < 4.78 is 11.6. The van der Waals surface area contributed by atoms with Crippen molar-refractivity contribution in [3.05, 3.63) is 23.8 Å². The Balaban J connectivity index is 1.88. The first-order valence-electron chi connectivity index (χ1n) is 6.86. The normalized spacial score (nSPS) is 10.3. The largest absolute Gasteiger partial charge is 0.497 e. The fraction of sp³-hybridized carbons (Fsp3) is 0.308. The zero-order chi connectivity index (χ0) is 17.5. The smallest absolute Gasteiger partial charge is 0.258 e. The van der Waals surface area contributed by atoms with Gasteiger partial charge in [-0.2, -0.15) is 0 Å². The standard InChI is InChI=1S/C13H19N7O3S/c1-22-9-3-8(4-10(5-9)23-2)6-16-11(21)7-24-13-19-18-12(17-14)20(13)15/h3-5H,6-7,14-15H2,1-2H3,(H,16,21)(H,17,18). The Morgan fingerprint density at radius 3 is 2.46 bits per heavy atom. The van der Waals surface area contributed by atoms with Crippen LogP contribution in [0.2, 0.25) is 0 Å². The Morgan fingerprint density at radius 1 is 1.25 bits per heavy atom. The molecular weight excluding hydrogens is 334 g/mol. The van der Waals surface area contributed by atoms with Gasteiger partial charge in [0.05, 0.1) is 20.0 Å². The van der Waals surface area contributed by atoms with E-state index in [0.29, 0.717) is 23.2 Å². The molecule has 0 saturated heterocycles. The molecule has 0 aliphatic carbocycles. The number of aromatic nitrogens is 3. The van der Waals surface area contributed by atoms with Crippen LogP contribution in [0.5, 0.6) is 11.5 Å². The number of hydrogen-bond donors (Lipinski definition) is 4. The summed E-state index contributed by atoms with van der Waals surface area (Å²) in [5.74, 6) is 12.4. The minimum absolute atomic E-state index is 0.140. The number of nitrogens with one attached hydrogen (secondary N) is 2. The molecule has 0 bridgehead atoms. The van der Waals surface area contributed by atoms with E-state index in [1.807, 2.05) is 12.1 Å². The van der Waals surface area contributed by atoms with Gasteiger partial charge >= 0.3 is 0 Å². The number of carbonyl (C=O) groups excluding carboxylic acids is 1. The van der Waals surface area contributed by atoms with Gasteiger partial charge in [0.1, 0.15) is 11.5 Å². The van der Waals surface area contributed by atoms with Gasteiger partial charge in [-0.1, -0.05) is 11.8 Å². The lowest BCUT2D eigenvalue weighted by Crippen LogP contribution is -2.25. The van der Waals surface area contributed by atoms with Crippen LogP contribution in [0.3, 0.4) is 0 Å². The lowest BCUT2D eigenvalue weighted by Gasteiger charge is -2.09. The van der Waals surface area contributed by atoms with Crippen LogP contribution in [0.15, 0.2) is 23.4 Å². The van der Waals surface area contributed by atoms with Crippen molar-refractivity contribution in [2.24, 2.45) is 5.84 Å². The van der Waals surface area contributed by atoms with Crippen LogP contribution in [0.1, 0.15) is 5.56 Å². The zero-order valence-corrected chi connectivity index (χ0v) is 14.1. The van der Waals surface area contributed by atoms with Crippen molar-refractivity contribution < 1.29 is 14.3 Å². The van der Waals surface area contributed by atoms with E-state index in [9.17, 15) is 4.79 Å². The number of ether oxygens (including phenoxy) is 2. The van der Waals surface area contributed by atoms with Gasteiger partial charge in [0.2, 0.25) is 11.1 Å². The van der Waals surface area contributed by atoms with E-state index in [0.717, 1.165) is 17.3 Å². The summed E-state index contributed by atoms with van der Waals surface area (Å²) in [6.45, 7) is 0.345. The second-order valence-electron chi connectivity index (χ2n) is 4.61. The van der Waals surface area contributed by atoms with Crippen molar-refractivity contribution in [3.8, 4) is 11.5 Å². The van der Waals surface area contributed by atoms with E-state index < -0.39 is 0 Å². The molecule has 24 heavy (non-hydrogen) atoms. The molecule has 0 aliphatic heterocycles. The summed E-state index contributed by atoms with van der Waals surface area (Å²) in [5, 5.41) is 10.7. The molecule has 0 spiro atoms. The highest BCUT2D eigenvalue weighted by atomic mass is 32.2. The third-order valence-corrected chi connectivity index (χ3v) is 3.97. The molecule has 0 unspecified atom stereocenters. The third-order valence-electron chi connectivity index (χ3n) is 3.03. The molecule has 0 radical (unpaired) electrons. The topological polar surface area (TPSA) is 142 Å². The molecule has 0 saturated carbocycles. The first-order valence-corrected chi connectivity index (χ1v) is 7.84. The number of amides is 1. The van der Waals surface area contributed by atoms with Gasteiger partial charge in [0.15, 0.2) is 0 Å². The molecule has 10 nitrogen and oxygen atoms in total. The maximum atomic E-state index is 12.0. The number of nitrogen functional groups attached to an aromatic ring is 2. The molecular formula is C13H19N7O3S. The van der Waals surface area contributed by atoms with Crippen LogP contribution < -0.4 is 31.9 Å². The predicted molar refractivity (Wildman–Crippen MR) is 90.1 cm³/mol. The highest BCUT2D eigenvalue weighted by Gasteiger charge is 2.11. The first-order chi connectivity index (χ1) is 11.6. The average molecular weight is 353 g/mol. The maximum Gasteiger partial charge on any atom is 0.258 e. The lowest BCUT2D eigenvalue weighted by atomic mass is 10.2. The van der Waals surface area contributed by atoms with E-state index in [-0.39, 0.29) is 17.6 Å².